The number of hydrogen-bond donors (Lipinski definition) is 2. The molecule has 6 rings (SSSR count). The lowest BCUT2D eigenvalue weighted by Crippen LogP contribution is -2.54. The van der Waals surface area contributed by atoms with Crippen LogP contribution in [0.15, 0.2) is 30.6 Å². The van der Waals surface area contributed by atoms with Crippen molar-refractivity contribution in [1.82, 2.24) is 24.9 Å². The highest BCUT2D eigenvalue weighted by atomic mass is 19.4. The summed E-state index contributed by atoms with van der Waals surface area (Å²) in [5.74, 6) is -2.25. The average Bonchev–Trinajstić information content (AvgIpc) is 3.48. The molecule has 1 aromatic carbocycles. The van der Waals surface area contributed by atoms with Crippen LogP contribution in [0.4, 0.5) is 18.9 Å². The van der Waals surface area contributed by atoms with Crippen LogP contribution in [0.25, 0.3) is 0 Å². The molecule has 2 N–H and O–H groups in total. The van der Waals surface area contributed by atoms with E-state index in [9.17, 15) is 32.3 Å². The fourth-order valence-electron chi connectivity index (χ4n) is 5.98. The second kappa shape index (κ2) is 9.72. The van der Waals surface area contributed by atoms with Crippen molar-refractivity contribution in [2.75, 3.05) is 25.0 Å². The molecule has 13 heteroatoms. The van der Waals surface area contributed by atoms with Gasteiger partial charge in [-0.25, -0.2) is 0 Å². The SMILES string of the molecule is O=C1CCC(N2C(=O)c3cccc(NCc4cnn(C5CCN(CC6(C(F)(F)F)CC6)CC5)c4)c3C2=O)C(=O)N1. The quantitative estimate of drug-likeness (QED) is 0.502. The van der Waals surface area contributed by atoms with E-state index in [2.05, 4.69) is 15.7 Å². The molecule has 4 aliphatic rings. The molecular formula is C27H29F3N6O4. The smallest absolute Gasteiger partial charge is 0.380 e. The maximum absolute atomic E-state index is 13.3. The van der Waals surface area contributed by atoms with Crippen LogP contribution in [0.5, 0.6) is 0 Å². The Morgan fingerprint density at radius 1 is 1.05 bits per heavy atom. The Kier molecular flexibility index (Phi) is 6.43. The van der Waals surface area contributed by atoms with Gasteiger partial charge in [0.25, 0.3) is 11.8 Å². The molecule has 0 radical (unpaired) electrons. The molecule has 212 valence electrons. The van der Waals surface area contributed by atoms with Crippen LogP contribution in [0.3, 0.4) is 0 Å². The van der Waals surface area contributed by atoms with Gasteiger partial charge >= 0.3 is 6.18 Å². The number of benzene rings is 1. The number of likely N-dealkylation sites (tertiary alicyclic amines) is 1. The first-order valence-electron chi connectivity index (χ1n) is 13.5. The molecular weight excluding hydrogens is 529 g/mol. The van der Waals surface area contributed by atoms with E-state index in [4.69, 9.17) is 0 Å². The van der Waals surface area contributed by atoms with Crippen molar-refractivity contribution >= 4 is 29.3 Å². The van der Waals surface area contributed by atoms with E-state index in [0.717, 1.165) is 10.5 Å². The summed E-state index contributed by atoms with van der Waals surface area (Å²) in [5.41, 5.74) is 0.149. The van der Waals surface area contributed by atoms with Gasteiger partial charge in [-0.15, -0.1) is 0 Å². The van der Waals surface area contributed by atoms with Crippen LogP contribution in [-0.2, 0) is 16.1 Å². The van der Waals surface area contributed by atoms with Gasteiger partial charge in [0.15, 0.2) is 0 Å². The molecule has 3 fully saturated rings. The number of nitrogens with one attached hydrogen (secondary N) is 2. The first-order valence-corrected chi connectivity index (χ1v) is 13.5. The number of carbonyl (C=O) groups is 4. The molecule has 10 nitrogen and oxygen atoms in total. The third kappa shape index (κ3) is 4.65. The maximum Gasteiger partial charge on any atom is 0.395 e. The van der Waals surface area contributed by atoms with Gasteiger partial charge in [-0.1, -0.05) is 6.07 Å². The molecule has 1 atom stereocenters. The van der Waals surface area contributed by atoms with Gasteiger partial charge in [0.1, 0.15) is 6.04 Å². The molecule has 4 heterocycles. The number of anilines is 1. The Hall–Kier alpha value is -3.74. The monoisotopic (exact) mass is 558 g/mol. The summed E-state index contributed by atoms with van der Waals surface area (Å²) < 4.78 is 41.8. The topological polar surface area (TPSA) is 117 Å². The lowest BCUT2D eigenvalue weighted by molar-refractivity contribution is -0.192. The van der Waals surface area contributed by atoms with Gasteiger partial charge in [0.2, 0.25) is 11.8 Å². The summed E-state index contributed by atoms with van der Waals surface area (Å²) in [5, 5.41) is 9.86. The van der Waals surface area contributed by atoms with E-state index >= 15 is 0 Å². The number of carbonyl (C=O) groups excluding carboxylic acids is 4. The Balaban J connectivity index is 1.07. The zero-order valence-corrected chi connectivity index (χ0v) is 21.7. The average molecular weight is 559 g/mol. The summed E-state index contributed by atoms with van der Waals surface area (Å²) in [6.45, 7) is 1.57. The summed E-state index contributed by atoms with van der Waals surface area (Å²) in [6, 6.07) is 3.93. The molecule has 40 heavy (non-hydrogen) atoms. The number of hydrogen-bond acceptors (Lipinski definition) is 7. The normalized spacial score (nSPS) is 23.4. The third-order valence-electron chi connectivity index (χ3n) is 8.52. The molecule has 1 saturated carbocycles. The summed E-state index contributed by atoms with van der Waals surface area (Å²) in [6.07, 6.45) is 1.42. The standard InChI is InChI=1S/C27H29F3N6O4/c28-27(29,30)26(8-9-26)15-34-10-6-17(7-11-34)35-14-16(13-32-35)12-31-19-3-1-2-18-22(19)25(40)36(24(18)39)20-4-5-21(37)33-23(20)38/h1-3,13-14,17,20,31H,4-12,15H2,(H,33,37,38). The highest BCUT2D eigenvalue weighted by Gasteiger charge is 2.63. The second-order valence-electron chi connectivity index (χ2n) is 11.1. The lowest BCUT2D eigenvalue weighted by Gasteiger charge is -2.35. The number of nitrogens with zero attached hydrogens (tertiary/aromatic N) is 4. The van der Waals surface area contributed by atoms with Gasteiger partial charge in [-0.3, -0.25) is 34.1 Å². The van der Waals surface area contributed by atoms with Crippen molar-refractivity contribution < 1.29 is 32.3 Å². The molecule has 4 amide bonds. The fraction of sp³-hybridized carbons (Fsp3) is 0.519. The van der Waals surface area contributed by atoms with Gasteiger partial charge in [-0.2, -0.15) is 18.3 Å². The zero-order chi connectivity index (χ0) is 28.2. The summed E-state index contributed by atoms with van der Waals surface area (Å²) in [7, 11) is 0. The van der Waals surface area contributed by atoms with E-state index in [1.807, 2.05) is 15.8 Å². The second-order valence-corrected chi connectivity index (χ2v) is 11.1. The molecule has 3 aliphatic heterocycles. The van der Waals surface area contributed by atoms with Crippen molar-refractivity contribution in [3.8, 4) is 0 Å². The van der Waals surface area contributed by atoms with Gasteiger partial charge in [0, 0.05) is 50.0 Å². The predicted molar refractivity (Wildman–Crippen MR) is 135 cm³/mol. The summed E-state index contributed by atoms with van der Waals surface area (Å²) in [4.78, 5) is 53.0. The molecule has 0 spiro atoms. The zero-order valence-electron chi connectivity index (χ0n) is 21.7. The molecule has 1 unspecified atom stereocenters. The fourth-order valence-corrected chi connectivity index (χ4v) is 5.98. The van der Waals surface area contributed by atoms with Crippen LogP contribution in [0.1, 0.15) is 70.8 Å². The highest BCUT2D eigenvalue weighted by Crippen LogP contribution is 2.58. The first kappa shape index (κ1) is 26.5. The van der Waals surface area contributed by atoms with E-state index in [1.54, 1.807) is 18.3 Å². The number of fused-ring (bicyclic) bond motifs is 1. The van der Waals surface area contributed by atoms with Gasteiger partial charge < -0.3 is 10.2 Å². The van der Waals surface area contributed by atoms with Crippen LogP contribution < -0.4 is 10.6 Å². The van der Waals surface area contributed by atoms with Crippen molar-refractivity contribution in [1.29, 1.82) is 0 Å². The van der Waals surface area contributed by atoms with E-state index < -0.39 is 41.3 Å². The van der Waals surface area contributed by atoms with Crippen LogP contribution in [-0.4, -0.2) is 75.1 Å². The van der Waals surface area contributed by atoms with Crippen LogP contribution in [0, 0.1) is 5.41 Å². The number of amides is 4. The van der Waals surface area contributed by atoms with Crippen LogP contribution >= 0.6 is 0 Å². The Morgan fingerprint density at radius 3 is 2.48 bits per heavy atom. The van der Waals surface area contributed by atoms with Crippen molar-refractivity contribution in [2.24, 2.45) is 5.41 Å². The molecule has 2 aromatic rings. The minimum absolute atomic E-state index is 0.0479. The molecule has 1 aliphatic carbocycles. The minimum Gasteiger partial charge on any atom is -0.380 e. The van der Waals surface area contributed by atoms with Crippen molar-refractivity contribution in [3.63, 3.8) is 0 Å². The lowest BCUT2D eigenvalue weighted by atomic mass is 10.0. The Bertz CT molecular complexity index is 1380. The van der Waals surface area contributed by atoms with E-state index in [-0.39, 0.29) is 49.4 Å². The number of halogens is 3. The molecule has 0 bridgehead atoms. The van der Waals surface area contributed by atoms with E-state index in [0.29, 0.717) is 38.2 Å². The summed E-state index contributed by atoms with van der Waals surface area (Å²) >= 11 is 0. The minimum atomic E-state index is -4.15. The molecule has 2 saturated heterocycles. The Labute approximate surface area is 227 Å². The van der Waals surface area contributed by atoms with Gasteiger partial charge in [0.05, 0.1) is 28.8 Å². The van der Waals surface area contributed by atoms with Gasteiger partial charge in [-0.05, 0) is 44.2 Å². The number of piperidine rings is 2. The maximum atomic E-state index is 13.3. The molecule has 1 aromatic heterocycles. The number of imide groups is 2. The highest BCUT2D eigenvalue weighted by molar-refractivity contribution is 6.25. The number of alkyl halides is 3. The van der Waals surface area contributed by atoms with Crippen molar-refractivity contribution in [3.05, 3.63) is 47.3 Å². The first-order chi connectivity index (χ1) is 19.1. The number of aromatic nitrogens is 2. The van der Waals surface area contributed by atoms with Crippen LogP contribution in [0.2, 0.25) is 0 Å². The van der Waals surface area contributed by atoms with Crippen molar-refractivity contribution in [2.45, 2.75) is 63.3 Å². The Morgan fingerprint density at radius 2 is 1.80 bits per heavy atom. The largest absolute Gasteiger partial charge is 0.395 e. The number of rotatable bonds is 7. The van der Waals surface area contributed by atoms with E-state index in [1.165, 1.54) is 6.07 Å². The predicted octanol–water partition coefficient (Wildman–Crippen LogP) is 2.88. The third-order valence-corrected chi connectivity index (χ3v) is 8.52.